The van der Waals surface area contributed by atoms with Gasteiger partial charge in [0.25, 0.3) is 0 Å². The summed E-state index contributed by atoms with van der Waals surface area (Å²) < 4.78 is 0. The van der Waals surface area contributed by atoms with Gasteiger partial charge in [-0.15, -0.1) is 10.2 Å². The number of nitrogens with one attached hydrogen (secondary N) is 1. The molecule has 0 spiro atoms. The number of carbonyl (C=O) groups is 1. The quantitative estimate of drug-likeness (QED) is 0.778. The standard InChI is InChI=1S/C15H16N6OS/c1-3-9-21-19-14(18-20-21)13-12(11-7-5-4-6-8-11)17-15(23-13)16-10(2)22/h4-8H,3,9H2,1-2H3,(H,16,17,22). The number of rotatable bonds is 5. The number of aromatic nitrogens is 5. The second kappa shape index (κ2) is 6.66. The van der Waals surface area contributed by atoms with E-state index in [9.17, 15) is 4.79 Å². The van der Waals surface area contributed by atoms with Crippen molar-refractivity contribution >= 4 is 22.4 Å². The molecule has 0 radical (unpaired) electrons. The summed E-state index contributed by atoms with van der Waals surface area (Å²) in [6.07, 6.45) is 0.932. The zero-order valence-corrected chi connectivity index (χ0v) is 13.7. The number of amides is 1. The minimum atomic E-state index is -0.160. The Balaban J connectivity index is 2.05. The van der Waals surface area contributed by atoms with Crippen LogP contribution in [0.4, 0.5) is 5.13 Å². The van der Waals surface area contributed by atoms with Crippen LogP contribution in [-0.4, -0.2) is 31.1 Å². The maximum Gasteiger partial charge on any atom is 0.223 e. The molecule has 23 heavy (non-hydrogen) atoms. The van der Waals surface area contributed by atoms with Crippen LogP contribution in [-0.2, 0) is 11.3 Å². The van der Waals surface area contributed by atoms with Crippen LogP contribution in [0.25, 0.3) is 22.0 Å². The lowest BCUT2D eigenvalue weighted by molar-refractivity contribution is -0.114. The Kier molecular flexibility index (Phi) is 4.42. The Bertz CT molecular complexity index is 810. The van der Waals surface area contributed by atoms with Gasteiger partial charge in [0.1, 0.15) is 4.88 Å². The molecule has 0 aliphatic heterocycles. The van der Waals surface area contributed by atoms with E-state index in [-0.39, 0.29) is 5.91 Å². The number of anilines is 1. The molecule has 0 fully saturated rings. The molecule has 0 saturated carbocycles. The van der Waals surface area contributed by atoms with E-state index < -0.39 is 0 Å². The molecule has 0 bridgehead atoms. The summed E-state index contributed by atoms with van der Waals surface area (Å²) in [7, 11) is 0. The summed E-state index contributed by atoms with van der Waals surface area (Å²) in [5.74, 6) is 0.360. The molecule has 118 valence electrons. The summed E-state index contributed by atoms with van der Waals surface area (Å²) in [6.45, 7) is 4.23. The fraction of sp³-hybridized carbons (Fsp3) is 0.267. The van der Waals surface area contributed by atoms with Gasteiger partial charge in [0, 0.05) is 12.5 Å². The highest BCUT2D eigenvalue weighted by Crippen LogP contribution is 2.37. The number of hydrogen-bond acceptors (Lipinski definition) is 6. The smallest absolute Gasteiger partial charge is 0.223 e. The van der Waals surface area contributed by atoms with Crippen molar-refractivity contribution in [2.24, 2.45) is 0 Å². The van der Waals surface area contributed by atoms with Gasteiger partial charge in [0.05, 0.1) is 12.2 Å². The summed E-state index contributed by atoms with van der Waals surface area (Å²) in [5.41, 5.74) is 1.69. The first kappa shape index (κ1) is 15.3. The highest BCUT2D eigenvalue weighted by molar-refractivity contribution is 7.19. The first-order valence-corrected chi connectivity index (χ1v) is 8.11. The number of tetrazole rings is 1. The van der Waals surface area contributed by atoms with Gasteiger partial charge in [-0.2, -0.15) is 4.80 Å². The first-order valence-electron chi connectivity index (χ1n) is 7.29. The Hall–Kier alpha value is -2.61. The van der Waals surface area contributed by atoms with Crippen molar-refractivity contribution < 1.29 is 4.79 Å². The second-order valence-electron chi connectivity index (χ2n) is 4.95. The van der Waals surface area contributed by atoms with Gasteiger partial charge in [0.2, 0.25) is 11.7 Å². The van der Waals surface area contributed by atoms with Gasteiger partial charge < -0.3 is 5.32 Å². The molecule has 0 unspecified atom stereocenters. The van der Waals surface area contributed by atoms with Crippen LogP contribution in [0.15, 0.2) is 30.3 Å². The van der Waals surface area contributed by atoms with Gasteiger partial charge in [-0.25, -0.2) is 4.98 Å². The molecule has 0 saturated heterocycles. The topological polar surface area (TPSA) is 85.6 Å². The molecule has 2 aromatic heterocycles. The van der Waals surface area contributed by atoms with Crippen molar-refractivity contribution in [1.29, 1.82) is 0 Å². The third kappa shape index (κ3) is 3.42. The molecule has 0 aliphatic carbocycles. The number of benzene rings is 1. The average molecular weight is 328 g/mol. The minimum absolute atomic E-state index is 0.160. The molecule has 1 aromatic carbocycles. The van der Waals surface area contributed by atoms with Crippen molar-refractivity contribution in [2.75, 3.05) is 5.32 Å². The molecule has 8 heteroatoms. The maximum atomic E-state index is 11.3. The summed E-state index contributed by atoms with van der Waals surface area (Å²) in [5, 5.41) is 15.8. The minimum Gasteiger partial charge on any atom is -0.302 e. The molecular formula is C15H16N6OS. The van der Waals surface area contributed by atoms with Crippen molar-refractivity contribution in [3.05, 3.63) is 30.3 Å². The van der Waals surface area contributed by atoms with Crippen LogP contribution < -0.4 is 5.32 Å². The Labute approximate surface area is 137 Å². The van der Waals surface area contributed by atoms with E-state index in [1.54, 1.807) is 4.80 Å². The number of thiazole rings is 1. The normalized spacial score (nSPS) is 10.7. The maximum absolute atomic E-state index is 11.3. The SMILES string of the molecule is CCCn1nnc(-c2sc(NC(C)=O)nc2-c2ccccc2)n1. The Morgan fingerprint density at radius 2 is 2.09 bits per heavy atom. The number of hydrogen-bond donors (Lipinski definition) is 1. The monoisotopic (exact) mass is 328 g/mol. The third-order valence-electron chi connectivity index (χ3n) is 3.04. The predicted octanol–water partition coefficient (Wildman–Crippen LogP) is 2.83. The zero-order valence-electron chi connectivity index (χ0n) is 12.9. The Morgan fingerprint density at radius 3 is 2.78 bits per heavy atom. The van der Waals surface area contributed by atoms with Gasteiger partial charge in [-0.1, -0.05) is 48.6 Å². The average Bonchev–Trinajstić information content (AvgIpc) is 3.15. The molecule has 3 rings (SSSR count). The summed E-state index contributed by atoms with van der Waals surface area (Å²) in [6, 6.07) is 9.76. The van der Waals surface area contributed by atoms with Crippen LogP contribution in [0.1, 0.15) is 20.3 Å². The van der Waals surface area contributed by atoms with E-state index >= 15 is 0 Å². The summed E-state index contributed by atoms with van der Waals surface area (Å²) in [4.78, 5) is 18.2. The highest BCUT2D eigenvalue weighted by atomic mass is 32.1. The lowest BCUT2D eigenvalue weighted by atomic mass is 10.1. The van der Waals surface area contributed by atoms with Crippen LogP contribution in [0.2, 0.25) is 0 Å². The van der Waals surface area contributed by atoms with E-state index in [1.807, 2.05) is 30.3 Å². The number of carbonyl (C=O) groups excluding carboxylic acids is 1. The third-order valence-corrected chi connectivity index (χ3v) is 4.00. The number of aryl methyl sites for hydroxylation is 1. The van der Waals surface area contributed by atoms with Crippen LogP contribution in [0.3, 0.4) is 0 Å². The largest absolute Gasteiger partial charge is 0.302 e. The molecule has 7 nitrogen and oxygen atoms in total. The van der Waals surface area contributed by atoms with Crippen LogP contribution >= 0.6 is 11.3 Å². The van der Waals surface area contributed by atoms with Gasteiger partial charge in [0.15, 0.2) is 5.13 Å². The van der Waals surface area contributed by atoms with Crippen molar-refractivity contribution in [3.63, 3.8) is 0 Å². The first-order chi connectivity index (χ1) is 11.2. The second-order valence-corrected chi connectivity index (χ2v) is 5.95. The van der Waals surface area contributed by atoms with Crippen LogP contribution in [0, 0.1) is 0 Å². The van der Waals surface area contributed by atoms with Crippen LogP contribution in [0.5, 0.6) is 0 Å². The van der Waals surface area contributed by atoms with Crippen molar-refractivity contribution in [1.82, 2.24) is 25.2 Å². The van der Waals surface area contributed by atoms with E-state index in [4.69, 9.17) is 0 Å². The molecule has 3 aromatic rings. The fourth-order valence-electron chi connectivity index (χ4n) is 2.10. The van der Waals surface area contributed by atoms with E-state index in [2.05, 4.69) is 32.6 Å². The molecule has 2 heterocycles. The van der Waals surface area contributed by atoms with Gasteiger partial charge in [-0.05, 0) is 11.6 Å². The lowest BCUT2D eigenvalue weighted by Crippen LogP contribution is -2.04. The molecular weight excluding hydrogens is 312 g/mol. The summed E-state index contributed by atoms with van der Waals surface area (Å²) >= 11 is 1.35. The molecule has 1 amide bonds. The van der Waals surface area contributed by atoms with E-state index in [1.165, 1.54) is 18.3 Å². The zero-order chi connectivity index (χ0) is 16.2. The fourth-order valence-corrected chi connectivity index (χ4v) is 3.05. The number of nitrogens with zero attached hydrogens (tertiary/aromatic N) is 5. The highest BCUT2D eigenvalue weighted by Gasteiger charge is 2.19. The predicted molar refractivity (Wildman–Crippen MR) is 89.0 cm³/mol. The van der Waals surface area contributed by atoms with Gasteiger partial charge in [-0.3, -0.25) is 4.79 Å². The molecule has 1 N–H and O–H groups in total. The van der Waals surface area contributed by atoms with Gasteiger partial charge >= 0.3 is 0 Å². The molecule has 0 atom stereocenters. The Morgan fingerprint density at radius 1 is 1.30 bits per heavy atom. The van der Waals surface area contributed by atoms with Crippen molar-refractivity contribution in [2.45, 2.75) is 26.8 Å². The van der Waals surface area contributed by atoms with Crippen molar-refractivity contribution in [3.8, 4) is 22.0 Å². The van der Waals surface area contributed by atoms with E-state index in [0.29, 0.717) is 17.5 Å². The lowest BCUT2D eigenvalue weighted by Gasteiger charge is -1.98. The molecule has 0 aliphatic rings. The van der Waals surface area contributed by atoms with E-state index in [0.717, 1.165) is 22.6 Å².